The molecule has 5 atom stereocenters. The summed E-state index contributed by atoms with van der Waals surface area (Å²) >= 11 is 0. The quantitative estimate of drug-likeness (QED) is 0.374. The Kier molecular flexibility index (Phi) is 6.93. The number of aliphatic hydroxyl groups excluding tert-OH is 5. The number of carbonyl (C=O) groups excluding carboxylic acids is 1. The van der Waals surface area contributed by atoms with E-state index in [1.807, 2.05) is 0 Å². The van der Waals surface area contributed by atoms with E-state index >= 15 is 0 Å². The van der Waals surface area contributed by atoms with Crippen molar-refractivity contribution in [2.24, 2.45) is 0 Å². The zero-order valence-corrected chi connectivity index (χ0v) is 14.5. The molecule has 5 N–H and O–H groups in total. The lowest BCUT2D eigenvalue weighted by atomic mass is 10.00. The molecule has 1 aromatic rings. The van der Waals surface area contributed by atoms with E-state index in [1.165, 1.54) is 32.0 Å². The highest BCUT2D eigenvalue weighted by atomic mass is 16.7. The van der Waals surface area contributed by atoms with Crippen molar-refractivity contribution in [2.75, 3.05) is 13.2 Å². The van der Waals surface area contributed by atoms with Crippen LogP contribution in [0.1, 0.15) is 24.2 Å². The van der Waals surface area contributed by atoms with E-state index in [2.05, 4.69) is 0 Å². The van der Waals surface area contributed by atoms with Crippen LogP contribution in [0.25, 0.3) is 0 Å². The molecule has 0 spiro atoms. The first-order chi connectivity index (χ1) is 12.3. The summed E-state index contributed by atoms with van der Waals surface area (Å²) in [6.45, 7) is 1.99. The fourth-order valence-corrected chi connectivity index (χ4v) is 2.52. The van der Waals surface area contributed by atoms with Crippen molar-refractivity contribution in [2.45, 2.75) is 50.7 Å². The molecule has 1 aliphatic rings. The molecule has 26 heavy (non-hydrogen) atoms. The molecule has 0 bridgehead atoms. The van der Waals surface area contributed by atoms with E-state index in [0.717, 1.165) is 0 Å². The average Bonchev–Trinajstić information content (AvgIpc) is 2.63. The summed E-state index contributed by atoms with van der Waals surface area (Å²) < 4.78 is 16.3. The molecule has 9 heteroatoms. The van der Waals surface area contributed by atoms with E-state index in [4.69, 9.17) is 24.4 Å². The fraction of sp³-hybridized carbons (Fsp3) is 0.588. The van der Waals surface area contributed by atoms with Gasteiger partial charge in [-0.3, -0.25) is 4.79 Å². The smallest absolute Gasteiger partial charge is 0.229 e. The summed E-state index contributed by atoms with van der Waals surface area (Å²) in [6.07, 6.45) is -7.04. The van der Waals surface area contributed by atoms with Crippen molar-refractivity contribution in [3.05, 3.63) is 23.8 Å². The van der Waals surface area contributed by atoms with Crippen molar-refractivity contribution < 1.29 is 44.5 Å². The van der Waals surface area contributed by atoms with Crippen LogP contribution in [0.3, 0.4) is 0 Å². The Morgan fingerprint density at radius 3 is 2.38 bits per heavy atom. The van der Waals surface area contributed by atoms with Crippen LogP contribution >= 0.6 is 0 Å². The Balaban J connectivity index is 2.20. The normalized spacial score (nSPS) is 28.8. The largest absolute Gasteiger partial charge is 0.485 e. The van der Waals surface area contributed by atoms with Crippen molar-refractivity contribution in [3.8, 4) is 11.5 Å². The van der Waals surface area contributed by atoms with Crippen LogP contribution in [0.4, 0.5) is 0 Å². The number of aliphatic hydroxyl groups is 5. The van der Waals surface area contributed by atoms with Crippen molar-refractivity contribution in [1.29, 1.82) is 0 Å². The van der Waals surface area contributed by atoms with E-state index < -0.39 is 50.0 Å². The molecule has 146 valence electrons. The molecule has 0 radical (unpaired) electrons. The highest BCUT2D eigenvalue weighted by Gasteiger charge is 2.43. The predicted octanol–water partition coefficient (Wildman–Crippen LogP) is -1.17. The Morgan fingerprint density at radius 1 is 1.15 bits per heavy atom. The van der Waals surface area contributed by atoms with Crippen LogP contribution in [-0.4, -0.2) is 81.3 Å². The third-order valence-electron chi connectivity index (χ3n) is 4.09. The fourth-order valence-electron chi connectivity index (χ4n) is 2.52. The van der Waals surface area contributed by atoms with Crippen LogP contribution in [0.5, 0.6) is 11.5 Å². The van der Waals surface area contributed by atoms with Crippen LogP contribution in [0.2, 0.25) is 0 Å². The number of rotatable bonds is 7. The number of Topliss-reactive ketones (excluding diaryl/α,β-unsaturated/α-hetero) is 1. The Hall–Kier alpha value is -1.75. The number of benzene rings is 1. The molecule has 0 aromatic heterocycles. The third-order valence-corrected chi connectivity index (χ3v) is 4.09. The van der Waals surface area contributed by atoms with Gasteiger partial charge in [0.25, 0.3) is 0 Å². The van der Waals surface area contributed by atoms with Gasteiger partial charge in [-0.05, 0) is 32.0 Å². The lowest BCUT2D eigenvalue weighted by Crippen LogP contribution is -2.58. The van der Waals surface area contributed by atoms with E-state index in [-0.39, 0.29) is 22.8 Å². The summed E-state index contributed by atoms with van der Waals surface area (Å²) in [5, 5.41) is 47.7. The van der Waals surface area contributed by atoms with Crippen LogP contribution in [0.15, 0.2) is 18.2 Å². The Bertz CT molecular complexity index is 616. The summed E-state index contributed by atoms with van der Waals surface area (Å²) in [7, 11) is 0. The second-order valence-corrected chi connectivity index (χ2v) is 6.12. The molecule has 9 nitrogen and oxygen atoms in total. The van der Waals surface area contributed by atoms with Crippen molar-refractivity contribution >= 4 is 5.78 Å². The monoisotopic (exact) mass is 372 g/mol. The van der Waals surface area contributed by atoms with Gasteiger partial charge in [-0.2, -0.15) is 0 Å². The van der Waals surface area contributed by atoms with Crippen LogP contribution in [0, 0.1) is 0 Å². The SMILES string of the molecule is CC(=O)c1cc(O[C@@H]2O[C@@H](C)[C@H](O)[C@@H](O)[C@H]2O)ccc1OC(CO)CO. The molecule has 0 amide bonds. The maximum absolute atomic E-state index is 11.9. The summed E-state index contributed by atoms with van der Waals surface area (Å²) in [4.78, 5) is 11.9. The van der Waals surface area contributed by atoms with Crippen molar-refractivity contribution in [1.82, 2.24) is 0 Å². The molecular weight excluding hydrogens is 348 g/mol. The molecule has 1 saturated heterocycles. The minimum Gasteiger partial charge on any atom is -0.485 e. The molecule has 0 unspecified atom stereocenters. The lowest BCUT2D eigenvalue weighted by Gasteiger charge is -2.38. The van der Waals surface area contributed by atoms with Crippen LogP contribution in [-0.2, 0) is 4.74 Å². The van der Waals surface area contributed by atoms with Gasteiger partial charge in [-0.15, -0.1) is 0 Å². The summed E-state index contributed by atoms with van der Waals surface area (Å²) in [6, 6.07) is 4.24. The van der Waals surface area contributed by atoms with Gasteiger partial charge in [0.1, 0.15) is 35.9 Å². The first-order valence-corrected chi connectivity index (χ1v) is 8.18. The van der Waals surface area contributed by atoms with Gasteiger partial charge < -0.3 is 39.7 Å². The number of carbonyl (C=O) groups is 1. The highest BCUT2D eigenvalue weighted by molar-refractivity contribution is 5.97. The topological polar surface area (TPSA) is 146 Å². The molecule has 1 fully saturated rings. The zero-order valence-electron chi connectivity index (χ0n) is 14.5. The number of ketones is 1. The van der Waals surface area contributed by atoms with Gasteiger partial charge in [0, 0.05) is 0 Å². The molecule has 1 aromatic carbocycles. The number of hydrogen-bond donors (Lipinski definition) is 5. The zero-order chi connectivity index (χ0) is 19.4. The number of hydrogen-bond acceptors (Lipinski definition) is 9. The van der Waals surface area contributed by atoms with Gasteiger partial charge >= 0.3 is 0 Å². The van der Waals surface area contributed by atoms with Crippen LogP contribution < -0.4 is 9.47 Å². The van der Waals surface area contributed by atoms with Gasteiger partial charge in [0.05, 0.1) is 24.9 Å². The Morgan fingerprint density at radius 2 is 1.81 bits per heavy atom. The average molecular weight is 372 g/mol. The van der Waals surface area contributed by atoms with Gasteiger partial charge in [0.2, 0.25) is 6.29 Å². The summed E-state index contributed by atoms with van der Waals surface area (Å²) in [5.41, 5.74) is 0.147. The molecule has 2 rings (SSSR count). The molecule has 0 aliphatic carbocycles. The van der Waals surface area contributed by atoms with Gasteiger partial charge in [-0.25, -0.2) is 0 Å². The lowest BCUT2D eigenvalue weighted by molar-refractivity contribution is -0.268. The van der Waals surface area contributed by atoms with Gasteiger partial charge in [-0.1, -0.05) is 0 Å². The first-order valence-electron chi connectivity index (χ1n) is 8.18. The molecule has 1 aliphatic heterocycles. The minimum absolute atomic E-state index is 0.147. The Labute approximate surface area is 150 Å². The van der Waals surface area contributed by atoms with E-state index in [0.29, 0.717) is 0 Å². The molecule has 0 saturated carbocycles. The van der Waals surface area contributed by atoms with Gasteiger partial charge in [0.15, 0.2) is 5.78 Å². The predicted molar refractivity (Wildman–Crippen MR) is 88.0 cm³/mol. The second-order valence-electron chi connectivity index (χ2n) is 6.12. The molecular formula is C17H24O9. The maximum atomic E-state index is 11.9. The second kappa shape index (κ2) is 8.76. The van der Waals surface area contributed by atoms with E-state index in [1.54, 1.807) is 0 Å². The standard InChI is InChI=1S/C17H24O9/c1-8(20)12-5-10(3-4-13(12)25-11(6-18)7-19)26-17-16(23)15(22)14(21)9(2)24-17/h3-5,9,11,14-19,21-23H,6-7H2,1-2H3/t9-,14-,15+,16+,17-/m0/s1. The maximum Gasteiger partial charge on any atom is 0.229 e. The minimum atomic E-state index is -1.48. The molecule has 1 heterocycles. The van der Waals surface area contributed by atoms with Crippen molar-refractivity contribution in [3.63, 3.8) is 0 Å². The number of ether oxygens (including phenoxy) is 3. The van der Waals surface area contributed by atoms with E-state index in [9.17, 15) is 20.1 Å². The first kappa shape index (κ1) is 20.6. The highest BCUT2D eigenvalue weighted by Crippen LogP contribution is 2.29. The third kappa shape index (κ3) is 4.50. The summed E-state index contributed by atoms with van der Waals surface area (Å²) in [5.74, 6) is -0.00663.